The Hall–Kier alpha value is -2.51. The van der Waals surface area contributed by atoms with E-state index in [1.807, 2.05) is 9.80 Å². The number of piperazine rings is 1. The average molecular weight is 406 g/mol. The second kappa shape index (κ2) is 7.48. The number of imide groups is 1. The van der Waals surface area contributed by atoms with Gasteiger partial charge in [-0.15, -0.1) is 0 Å². The molecule has 1 unspecified atom stereocenters. The second-order valence-corrected chi connectivity index (χ2v) is 7.27. The molecule has 2 fully saturated rings. The van der Waals surface area contributed by atoms with Crippen LogP contribution in [-0.4, -0.2) is 48.9 Å². The summed E-state index contributed by atoms with van der Waals surface area (Å²) in [6.45, 7) is 2.19. The Morgan fingerprint density at radius 3 is 2.32 bits per heavy atom. The molecule has 2 amide bonds. The molecular weight excluding hydrogens is 388 g/mol. The number of anilines is 2. The monoisotopic (exact) mass is 405 g/mol. The maximum Gasteiger partial charge on any atom is 0.251 e. The van der Waals surface area contributed by atoms with E-state index in [4.69, 9.17) is 11.6 Å². The van der Waals surface area contributed by atoms with Crippen LogP contribution in [-0.2, 0) is 9.59 Å². The fraction of sp³-hybridized carbons (Fsp3) is 0.300. The quantitative estimate of drug-likeness (QED) is 0.736. The Labute approximate surface area is 166 Å². The molecule has 0 bridgehead atoms. The molecule has 0 saturated carbocycles. The molecular formula is C20H18ClF2N3O2. The number of hydrogen-bond acceptors (Lipinski definition) is 4. The fourth-order valence-corrected chi connectivity index (χ4v) is 3.95. The summed E-state index contributed by atoms with van der Waals surface area (Å²) >= 11 is 5.79. The van der Waals surface area contributed by atoms with Gasteiger partial charge in [0.2, 0.25) is 5.91 Å². The van der Waals surface area contributed by atoms with Crippen molar-refractivity contribution >= 4 is 34.8 Å². The highest BCUT2D eigenvalue weighted by Gasteiger charge is 2.43. The number of hydrogen-bond donors (Lipinski definition) is 0. The molecule has 146 valence electrons. The smallest absolute Gasteiger partial charge is 0.251 e. The highest BCUT2D eigenvalue weighted by Crippen LogP contribution is 2.30. The largest absolute Gasteiger partial charge is 0.367 e. The number of carbonyl (C=O) groups excluding carboxylic acids is 2. The predicted octanol–water partition coefficient (Wildman–Crippen LogP) is 3.07. The average Bonchev–Trinajstić information content (AvgIpc) is 2.99. The molecule has 5 nitrogen and oxygen atoms in total. The normalized spacial score (nSPS) is 20.9. The molecule has 0 spiro atoms. The van der Waals surface area contributed by atoms with E-state index in [1.165, 1.54) is 18.2 Å². The number of halogens is 3. The number of nitrogens with zero attached hydrogens (tertiary/aromatic N) is 3. The van der Waals surface area contributed by atoms with Crippen molar-refractivity contribution in [2.45, 2.75) is 12.5 Å². The Morgan fingerprint density at radius 1 is 0.929 bits per heavy atom. The highest BCUT2D eigenvalue weighted by molar-refractivity contribution is 6.31. The third kappa shape index (κ3) is 3.36. The SMILES string of the molecule is O=C1CC(N2CCN(c3ccccc3F)CC2)C(=O)N1c1ccc(F)c(Cl)c1. The van der Waals surface area contributed by atoms with E-state index < -0.39 is 11.9 Å². The standard InChI is InChI=1S/C20H18ClF2N3O2/c21-14-11-13(5-6-15(14)22)26-19(27)12-18(20(26)28)25-9-7-24(8-10-25)17-4-2-1-3-16(17)23/h1-6,11,18H,7-10,12H2. The molecule has 8 heteroatoms. The summed E-state index contributed by atoms with van der Waals surface area (Å²) in [5, 5.41) is -0.139. The van der Waals surface area contributed by atoms with Gasteiger partial charge in [0.15, 0.2) is 0 Å². The summed E-state index contributed by atoms with van der Waals surface area (Å²) in [6, 6.07) is 9.81. The minimum Gasteiger partial charge on any atom is -0.367 e. The Morgan fingerprint density at radius 2 is 1.64 bits per heavy atom. The van der Waals surface area contributed by atoms with E-state index in [0.29, 0.717) is 31.9 Å². The number of carbonyl (C=O) groups is 2. The molecule has 2 aromatic rings. The first kappa shape index (κ1) is 18.8. The van der Waals surface area contributed by atoms with E-state index in [9.17, 15) is 18.4 Å². The zero-order valence-electron chi connectivity index (χ0n) is 14.9. The minimum atomic E-state index is -0.606. The molecule has 0 aliphatic carbocycles. The van der Waals surface area contributed by atoms with Crippen molar-refractivity contribution in [2.75, 3.05) is 36.0 Å². The third-order valence-electron chi connectivity index (χ3n) is 5.23. The van der Waals surface area contributed by atoms with Gasteiger partial charge < -0.3 is 4.90 Å². The molecule has 2 heterocycles. The summed E-state index contributed by atoms with van der Waals surface area (Å²) in [6.07, 6.45) is 0.0630. The van der Waals surface area contributed by atoms with Crippen molar-refractivity contribution in [3.05, 3.63) is 59.1 Å². The van der Waals surface area contributed by atoms with Gasteiger partial charge >= 0.3 is 0 Å². The van der Waals surface area contributed by atoms with Gasteiger partial charge in [0.25, 0.3) is 5.91 Å². The van der Waals surface area contributed by atoms with Crippen LogP contribution >= 0.6 is 11.6 Å². The zero-order valence-corrected chi connectivity index (χ0v) is 15.7. The van der Waals surface area contributed by atoms with Crippen molar-refractivity contribution in [1.29, 1.82) is 0 Å². The summed E-state index contributed by atoms with van der Waals surface area (Å²) in [4.78, 5) is 30.3. The van der Waals surface area contributed by atoms with Gasteiger partial charge in [-0.1, -0.05) is 23.7 Å². The summed E-state index contributed by atoms with van der Waals surface area (Å²) in [7, 11) is 0. The number of rotatable bonds is 3. The van der Waals surface area contributed by atoms with Gasteiger partial charge in [-0.2, -0.15) is 0 Å². The van der Waals surface area contributed by atoms with Crippen LogP contribution in [0.3, 0.4) is 0 Å². The van der Waals surface area contributed by atoms with Crippen LogP contribution in [0, 0.1) is 11.6 Å². The summed E-state index contributed by atoms with van der Waals surface area (Å²) < 4.78 is 27.4. The molecule has 1 atom stereocenters. The van der Waals surface area contributed by atoms with Gasteiger partial charge in [0.05, 0.1) is 28.9 Å². The first-order valence-electron chi connectivity index (χ1n) is 9.01. The summed E-state index contributed by atoms with van der Waals surface area (Å²) in [5.41, 5.74) is 0.812. The number of benzene rings is 2. The van der Waals surface area contributed by atoms with Gasteiger partial charge in [-0.25, -0.2) is 13.7 Å². The molecule has 28 heavy (non-hydrogen) atoms. The van der Waals surface area contributed by atoms with E-state index in [0.717, 1.165) is 11.0 Å². The van der Waals surface area contributed by atoms with Gasteiger partial charge in [-0.3, -0.25) is 14.5 Å². The fourth-order valence-electron chi connectivity index (χ4n) is 3.78. The van der Waals surface area contributed by atoms with Crippen molar-refractivity contribution in [2.24, 2.45) is 0 Å². The Bertz CT molecular complexity index is 931. The van der Waals surface area contributed by atoms with Gasteiger partial charge in [-0.05, 0) is 30.3 Å². The van der Waals surface area contributed by atoms with Crippen molar-refractivity contribution in [1.82, 2.24) is 4.90 Å². The van der Waals surface area contributed by atoms with E-state index >= 15 is 0 Å². The van der Waals surface area contributed by atoms with Crippen LogP contribution in [0.1, 0.15) is 6.42 Å². The molecule has 0 aromatic heterocycles. The topological polar surface area (TPSA) is 43.9 Å². The van der Waals surface area contributed by atoms with Crippen LogP contribution < -0.4 is 9.80 Å². The molecule has 0 N–H and O–H groups in total. The van der Waals surface area contributed by atoms with Crippen molar-refractivity contribution < 1.29 is 18.4 Å². The second-order valence-electron chi connectivity index (χ2n) is 6.86. The van der Waals surface area contributed by atoms with Crippen LogP contribution in [0.4, 0.5) is 20.2 Å². The van der Waals surface area contributed by atoms with E-state index in [-0.39, 0.29) is 34.8 Å². The lowest BCUT2D eigenvalue weighted by atomic mass is 10.1. The molecule has 2 saturated heterocycles. The maximum atomic E-state index is 14.0. The lowest BCUT2D eigenvalue weighted by Gasteiger charge is -2.38. The molecule has 2 aliphatic rings. The summed E-state index contributed by atoms with van der Waals surface area (Å²) in [5.74, 6) is -1.56. The lowest BCUT2D eigenvalue weighted by molar-refractivity contribution is -0.123. The lowest BCUT2D eigenvalue weighted by Crippen LogP contribution is -2.52. The molecule has 2 aliphatic heterocycles. The number of para-hydroxylation sites is 1. The third-order valence-corrected chi connectivity index (χ3v) is 5.52. The Kier molecular flexibility index (Phi) is 5.03. The van der Waals surface area contributed by atoms with E-state index in [1.54, 1.807) is 18.2 Å². The van der Waals surface area contributed by atoms with Crippen LogP contribution in [0.25, 0.3) is 0 Å². The van der Waals surface area contributed by atoms with Crippen molar-refractivity contribution in [3.63, 3.8) is 0 Å². The van der Waals surface area contributed by atoms with Gasteiger partial charge in [0.1, 0.15) is 11.6 Å². The molecule has 2 aromatic carbocycles. The highest BCUT2D eigenvalue weighted by atomic mass is 35.5. The van der Waals surface area contributed by atoms with E-state index in [2.05, 4.69) is 0 Å². The zero-order chi connectivity index (χ0) is 19.8. The first-order valence-corrected chi connectivity index (χ1v) is 9.39. The first-order chi connectivity index (χ1) is 13.5. The Balaban J connectivity index is 1.46. The molecule has 0 radical (unpaired) electrons. The van der Waals surface area contributed by atoms with Crippen LogP contribution in [0.2, 0.25) is 5.02 Å². The van der Waals surface area contributed by atoms with Gasteiger partial charge in [0, 0.05) is 26.2 Å². The predicted molar refractivity (Wildman–Crippen MR) is 102 cm³/mol. The van der Waals surface area contributed by atoms with Crippen molar-refractivity contribution in [3.8, 4) is 0 Å². The maximum absolute atomic E-state index is 14.0. The number of amides is 2. The van der Waals surface area contributed by atoms with Crippen LogP contribution in [0.5, 0.6) is 0 Å². The minimum absolute atomic E-state index is 0.0630. The van der Waals surface area contributed by atoms with Crippen LogP contribution in [0.15, 0.2) is 42.5 Å². The molecule has 4 rings (SSSR count).